The van der Waals surface area contributed by atoms with Gasteiger partial charge in [-0.3, -0.25) is 14.9 Å². The monoisotopic (exact) mass is 421 g/mol. The molecule has 0 atom stereocenters. The van der Waals surface area contributed by atoms with E-state index in [2.05, 4.69) is 20.3 Å². The molecule has 8 heteroatoms. The molecule has 5 rings (SSSR count). The predicted molar refractivity (Wildman–Crippen MR) is 117 cm³/mol. The Kier molecular flexibility index (Phi) is 5.08. The van der Waals surface area contributed by atoms with Crippen LogP contribution >= 0.6 is 11.3 Å². The van der Waals surface area contributed by atoms with E-state index in [1.165, 1.54) is 0 Å². The number of carbonyl (C=O) groups excluding carboxylic acids is 1. The average Bonchev–Trinajstić information content (AvgIpc) is 3.39. The van der Waals surface area contributed by atoms with Crippen LogP contribution in [-0.4, -0.2) is 39.7 Å². The summed E-state index contributed by atoms with van der Waals surface area (Å²) in [5.74, 6) is 0.545. The van der Waals surface area contributed by atoms with Crippen molar-refractivity contribution in [2.75, 3.05) is 23.3 Å². The van der Waals surface area contributed by atoms with Crippen LogP contribution in [0.25, 0.3) is 11.4 Å². The first-order chi connectivity index (χ1) is 14.7. The molecule has 30 heavy (non-hydrogen) atoms. The molecule has 2 fully saturated rings. The fourth-order valence-electron chi connectivity index (χ4n) is 4.22. The maximum Gasteiger partial charge on any atom is 0.415 e. The van der Waals surface area contributed by atoms with Crippen LogP contribution in [0.5, 0.6) is 0 Å². The van der Waals surface area contributed by atoms with Gasteiger partial charge in [-0.1, -0.05) is 6.07 Å². The summed E-state index contributed by atoms with van der Waals surface area (Å²) >= 11 is 1.61. The molecule has 1 amide bonds. The van der Waals surface area contributed by atoms with E-state index in [1.54, 1.807) is 34.8 Å². The third-order valence-electron chi connectivity index (χ3n) is 5.92. The summed E-state index contributed by atoms with van der Waals surface area (Å²) in [4.78, 5) is 27.2. The zero-order chi connectivity index (χ0) is 20.4. The third kappa shape index (κ3) is 3.87. The maximum absolute atomic E-state index is 12.4. The molecular formula is C22H23N5O2S. The number of aromatic nitrogens is 3. The molecule has 0 aromatic carbocycles. The standard InChI is InChI=1S/C22H23N5O2S/c28-21-27(17-4-3-10-23-13-17)15-22(29-21)8-6-16(7-9-22)12-25-20-26-19(14-30-20)18-5-1-2-11-24-18/h1-5,10-11,13-14,16H,6-9,12,15H2,(H,25,26). The summed E-state index contributed by atoms with van der Waals surface area (Å²) in [5, 5.41) is 6.44. The molecule has 1 aliphatic heterocycles. The van der Waals surface area contributed by atoms with E-state index in [9.17, 15) is 4.79 Å². The Balaban J connectivity index is 1.15. The average molecular weight is 422 g/mol. The SMILES string of the molecule is O=C1OC2(CCC(CNc3nc(-c4ccccn4)cs3)CC2)CN1c1cccnc1. The summed E-state index contributed by atoms with van der Waals surface area (Å²) in [5.41, 5.74) is 2.23. The van der Waals surface area contributed by atoms with Crippen molar-refractivity contribution in [2.45, 2.75) is 31.3 Å². The van der Waals surface area contributed by atoms with E-state index in [0.29, 0.717) is 12.5 Å². The number of carbonyl (C=O) groups is 1. The predicted octanol–water partition coefficient (Wildman–Crippen LogP) is 4.60. The van der Waals surface area contributed by atoms with E-state index in [-0.39, 0.29) is 11.7 Å². The summed E-state index contributed by atoms with van der Waals surface area (Å²) < 4.78 is 5.84. The molecule has 0 unspecified atom stereocenters. The number of hydrogen-bond acceptors (Lipinski definition) is 7. The maximum atomic E-state index is 12.4. The molecule has 1 N–H and O–H groups in total. The lowest BCUT2D eigenvalue weighted by atomic mass is 9.78. The van der Waals surface area contributed by atoms with Gasteiger partial charge in [0.15, 0.2) is 5.13 Å². The Morgan fingerprint density at radius 1 is 1.17 bits per heavy atom. The molecular weight excluding hydrogens is 398 g/mol. The van der Waals surface area contributed by atoms with Gasteiger partial charge in [0.1, 0.15) is 11.3 Å². The number of thiazole rings is 1. The Labute approximate surface area is 179 Å². The first-order valence-electron chi connectivity index (χ1n) is 10.2. The quantitative estimate of drug-likeness (QED) is 0.649. The number of nitrogens with zero attached hydrogens (tertiary/aromatic N) is 4. The van der Waals surface area contributed by atoms with E-state index in [0.717, 1.165) is 54.4 Å². The van der Waals surface area contributed by atoms with Gasteiger partial charge < -0.3 is 10.1 Å². The number of hydrogen-bond donors (Lipinski definition) is 1. The first kappa shape index (κ1) is 19.0. The van der Waals surface area contributed by atoms with Gasteiger partial charge in [0.25, 0.3) is 0 Å². The summed E-state index contributed by atoms with van der Waals surface area (Å²) in [6.45, 7) is 1.49. The van der Waals surface area contributed by atoms with Gasteiger partial charge in [0, 0.05) is 24.3 Å². The molecule has 7 nitrogen and oxygen atoms in total. The van der Waals surface area contributed by atoms with Gasteiger partial charge in [0.2, 0.25) is 0 Å². The highest BCUT2D eigenvalue weighted by atomic mass is 32.1. The fourth-order valence-corrected chi connectivity index (χ4v) is 4.94. The molecule has 0 bridgehead atoms. The smallest absolute Gasteiger partial charge is 0.415 e. The van der Waals surface area contributed by atoms with Crippen LogP contribution < -0.4 is 10.2 Å². The van der Waals surface area contributed by atoms with Gasteiger partial charge in [-0.25, -0.2) is 9.78 Å². The van der Waals surface area contributed by atoms with Crippen molar-refractivity contribution in [3.63, 3.8) is 0 Å². The Hall–Kier alpha value is -3.00. The van der Waals surface area contributed by atoms with Crippen LogP contribution in [-0.2, 0) is 4.74 Å². The van der Waals surface area contributed by atoms with Crippen LogP contribution in [0.4, 0.5) is 15.6 Å². The van der Waals surface area contributed by atoms with Crippen molar-refractivity contribution >= 4 is 28.2 Å². The normalized spacial score (nSPS) is 23.5. The lowest BCUT2D eigenvalue weighted by Gasteiger charge is -2.35. The topological polar surface area (TPSA) is 80.2 Å². The van der Waals surface area contributed by atoms with Crippen LogP contribution in [0, 0.1) is 5.92 Å². The Morgan fingerprint density at radius 2 is 2.07 bits per heavy atom. The second-order valence-electron chi connectivity index (χ2n) is 7.93. The van der Waals surface area contributed by atoms with Gasteiger partial charge in [-0.2, -0.15) is 0 Å². The molecule has 154 valence electrons. The molecule has 1 saturated heterocycles. The number of nitrogens with one attached hydrogen (secondary N) is 1. The minimum atomic E-state index is -0.364. The van der Waals surface area contributed by atoms with Gasteiger partial charge in [0.05, 0.1) is 24.1 Å². The summed E-state index contributed by atoms with van der Waals surface area (Å²) in [7, 11) is 0. The molecule has 1 saturated carbocycles. The van der Waals surface area contributed by atoms with E-state index in [4.69, 9.17) is 4.74 Å². The number of anilines is 2. The van der Waals surface area contributed by atoms with Gasteiger partial charge >= 0.3 is 6.09 Å². The van der Waals surface area contributed by atoms with E-state index >= 15 is 0 Å². The van der Waals surface area contributed by atoms with Crippen molar-refractivity contribution < 1.29 is 9.53 Å². The number of rotatable bonds is 5. The molecule has 3 aromatic heterocycles. The fraction of sp³-hybridized carbons (Fsp3) is 0.364. The van der Waals surface area contributed by atoms with Crippen molar-refractivity contribution in [1.82, 2.24) is 15.0 Å². The second-order valence-corrected chi connectivity index (χ2v) is 8.78. The minimum absolute atomic E-state index is 0.260. The number of ether oxygens (including phenoxy) is 1. The molecule has 3 aromatic rings. The highest BCUT2D eigenvalue weighted by Crippen LogP contribution is 2.40. The van der Waals surface area contributed by atoms with E-state index in [1.807, 2.05) is 35.7 Å². The molecule has 4 heterocycles. The van der Waals surface area contributed by atoms with Crippen molar-refractivity contribution in [1.29, 1.82) is 0 Å². The zero-order valence-corrected chi connectivity index (χ0v) is 17.3. The molecule has 1 aliphatic carbocycles. The minimum Gasteiger partial charge on any atom is -0.441 e. The lowest BCUT2D eigenvalue weighted by molar-refractivity contribution is 0.0148. The van der Waals surface area contributed by atoms with Gasteiger partial charge in [-0.05, 0) is 55.9 Å². The van der Waals surface area contributed by atoms with E-state index < -0.39 is 0 Å². The lowest BCUT2D eigenvalue weighted by Crippen LogP contribution is -2.39. The first-order valence-corrected chi connectivity index (χ1v) is 11.1. The second kappa shape index (κ2) is 8.02. The summed E-state index contributed by atoms with van der Waals surface area (Å²) in [6.07, 6.45) is 8.77. The number of amides is 1. The highest BCUT2D eigenvalue weighted by molar-refractivity contribution is 7.14. The van der Waals surface area contributed by atoms with Crippen molar-refractivity contribution in [2.24, 2.45) is 5.92 Å². The Bertz CT molecular complexity index is 1000. The Morgan fingerprint density at radius 3 is 2.83 bits per heavy atom. The van der Waals surface area contributed by atoms with Gasteiger partial charge in [-0.15, -0.1) is 11.3 Å². The summed E-state index contributed by atoms with van der Waals surface area (Å²) in [6, 6.07) is 9.58. The zero-order valence-electron chi connectivity index (χ0n) is 16.5. The van der Waals surface area contributed by atoms with Crippen LogP contribution in [0.3, 0.4) is 0 Å². The number of pyridine rings is 2. The third-order valence-corrected chi connectivity index (χ3v) is 6.72. The van der Waals surface area contributed by atoms with Crippen LogP contribution in [0.1, 0.15) is 25.7 Å². The van der Waals surface area contributed by atoms with Crippen LogP contribution in [0.15, 0.2) is 54.3 Å². The molecule has 1 spiro atoms. The highest BCUT2D eigenvalue weighted by Gasteiger charge is 2.47. The van der Waals surface area contributed by atoms with Crippen molar-refractivity contribution in [3.8, 4) is 11.4 Å². The van der Waals surface area contributed by atoms with Crippen molar-refractivity contribution in [3.05, 3.63) is 54.3 Å². The molecule has 2 aliphatic rings. The largest absolute Gasteiger partial charge is 0.441 e. The van der Waals surface area contributed by atoms with Crippen LogP contribution in [0.2, 0.25) is 0 Å². The molecule has 0 radical (unpaired) electrons.